The topological polar surface area (TPSA) is 129 Å². The zero-order chi connectivity index (χ0) is 21.7. The maximum atomic E-state index is 13.0. The zero-order valence-electron chi connectivity index (χ0n) is 16.5. The van der Waals surface area contributed by atoms with Crippen LogP contribution in [-0.4, -0.2) is 45.5 Å². The van der Waals surface area contributed by atoms with Gasteiger partial charge in [-0.3, -0.25) is 14.4 Å². The van der Waals surface area contributed by atoms with E-state index in [0.717, 1.165) is 5.56 Å². The summed E-state index contributed by atoms with van der Waals surface area (Å²) in [5.41, 5.74) is 6.69. The lowest BCUT2D eigenvalue weighted by molar-refractivity contribution is -0.137. The Kier molecular flexibility index (Phi) is 6.21. The van der Waals surface area contributed by atoms with Crippen molar-refractivity contribution in [3.63, 3.8) is 0 Å². The quantitative estimate of drug-likeness (QED) is 0.536. The molecule has 2 amide bonds. The molecule has 0 saturated heterocycles. The Morgan fingerprint density at radius 1 is 1.13 bits per heavy atom. The molecule has 0 radical (unpaired) electrons. The number of aromatic nitrogens is 3. The number of hydrogen-bond donors (Lipinski definition) is 2. The molecule has 0 spiro atoms. The first-order valence-electron chi connectivity index (χ1n) is 9.15. The molecule has 2 aromatic heterocycles. The van der Waals surface area contributed by atoms with Crippen molar-refractivity contribution < 1.29 is 19.1 Å². The Bertz CT molecular complexity index is 1080. The van der Waals surface area contributed by atoms with E-state index in [1.54, 1.807) is 55.5 Å². The first-order valence-corrected chi connectivity index (χ1v) is 9.15. The van der Waals surface area contributed by atoms with Crippen LogP contribution >= 0.6 is 0 Å². The summed E-state index contributed by atoms with van der Waals surface area (Å²) in [6.07, 6.45) is 0.124. The smallest absolute Gasteiger partial charge is 0.287 e. The van der Waals surface area contributed by atoms with Gasteiger partial charge in [-0.2, -0.15) is 10.1 Å². The molecule has 0 fully saturated rings. The number of nitrogens with zero attached hydrogens (tertiary/aromatic N) is 3. The van der Waals surface area contributed by atoms with E-state index in [4.69, 9.17) is 10.5 Å². The van der Waals surface area contributed by atoms with Gasteiger partial charge in [-0.1, -0.05) is 36.4 Å². The summed E-state index contributed by atoms with van der Waals surface area (Å²) in [6.45, 7) is 1.73. The van der Waals surface area contributed by atoms with Crippen molar-refractivity contribution in [2.24, 2.45) is 5.73 Å². The normalized spacial score (nSPS) is 11.5. The number of benzene rings is 1. The molecule has 9 nitrogen and oxygen atoms in total. The van der Waals surface area contributed by atoms with Gasteiger partial charge < -0.3 is 15.8 Å². The predicted octanol–water partition coefficient (Wildman–Crippen LogP) is 0.980. The second kappa shape index (κ2) is 8.99. The average Bonchev–Trinajstić information content (AvgIpc) is 3.15. The van der Waals surface area contributed by atoms with Crippen LogP contribution in [0.2, 0.25) is 0 Å². The van der Waals surface area contributed by atoms with E-state index in [1.165, 1.54) is 11.8 Å². The van der Waals surface area contributed by atoms with Gasteiger partial charge in [-0.05, 0) is 24.6 Å². The third-order valence-corrected chi connectivity index (χ3v) is 4.35. The molecule has 0 aliphatic heterocycles. The molecule has 0 bridgehead atoms. The minimum absolute atomic E-state index is 0.124. The molecule has 3 N–H and O–H groups in total. The number of carbonyl (C=O) groups is 3. The highest BCUT2D eigenvalue weighted by molar-refractivity contribution is 6.38. The Labute approximate surface area is 172 Å². The second-order valence-electron chi connectivity index (χ2n) is 6.57. The van der Waals surface area contributed by atoms with Crippen molar-refractivity contribution in [1.82, 2.24) is 20.1 Å². The summed E-state index contributed by atoms with van der Waals surface area (Å²) in [5, 5.41) is 6.92. The Hall–Kier alpha value is -4.01. The molecule has 0 aliphatic rings. The third-order valence-electron chi connectivity index (χ3n) is 4.35. The number of primary amides is 1. The van der Waals surface area contributed by atoms with Crippen molar-refractivity contribution >= 4 is 17.6 Å². The van der Waals surface area contributed by atoms with Crippen LogP contribution in [0.25, 0.3) is 5.82 Å². The number of carbonyl (C=O) groups excluding carboxylic acids is 3. The van der Waals surface area contributed by atoms with Crippen LogP contribution in [0.4, 0.5) is 0 Å². The van der Waals surface area contributed by atoms with E-state index in [-0.39, 0.29) is 12.1 Å². The van der Waals surface area contributed by atoms with Gasteiger partial charge in [0, 0.05) is 12.5 Å². The lowest BCUT2D eigenvalue weighted by Crippen LogP contribution is -2.47. The number of methoxy groups -OCH3 is 1. The van der Waals surface area contributed by atoms with Crippen molar-refractivity contribution in [3.05, 3.63) is 71.5 Å². The number of hydrogen-bond acceptors (Lipinski definition) is 6. The zero-order valence-corrected chi connectivity index (χ0v) is 16.5. The van der Waals surface area contributed by atoms with Crippen LogP contribution in [0.3, 0.4) is 0 Å². The number of ether oxygens (including phenoxy) is 1. The van der Waals surface area contributed by atoms with Gasteiger partial charge in [-0.15, -0.1) is 0 Å². The molecule has 9 heteroatoms. The van der Waals surface area contributed by atoms with Crippen molar-refractivity contribution in [2.75, 3.05) is 7.11 Å². The average molecular weight is 407 g/mol. The number of ketones is 1. The first-order chi connectivity index (χ1) is 14.4. The predicted molar refractivity (Wildman–Crippen MR) is 108 cm³/mol. The molecular formula is C21H21N5O4. The first kappa shape index (κ1) is 20.7. The molecule has 1 aromatic carbocycles. The molecular weight excluding hydrogens is 386 g/mol. The van der Waals surface area contributed by atoms with Gasteiger partial charge in [0.25, 0.3) is 11.8 Å². The van der Waals surface area contributed by atoms with E-state index in [9.17, 15) is 14.4 Å². The summed E-state index contributed by atoms with van der Waals surface area (Å²) in [5.74, 6) is -1.85. The molecule has 0 unspecified atom stereocenters. The molecule has 0 saturated carbocycles. The summed E-state index contributed by atoms with van der Waals surface area (Å²) in [4.78, 5) is 41.1. The monoisotopic (exact) mass is 407 g/mol. The highest BCUT2D eigenvalue weighted by Crippen LogP contribution is 2.15. The van der Waals surface area contributed by atoms with Crippen molar-refractivity contribution in [1.29, 1.82) is 0 Å². The molecule has 0 aliphatic carbocycles. The number of aryl methyl sites for hydroxylation is 1. The lowest BCUT2D eigenvalue weighted by Gasteiger charge is -2.17. The fourth-order valence-corrected chi connectivity index (χ4v) is 2.93. The molecule has 1 atom stereocenters. The van der Waals surface area contributed by atoms with Gasteiger partial charge in [0.1, 0.15) is 11.7 Å². The lowest BCUT2D eigenvalue weighted by atomic mass is 10.0. The van der Waals surface area contributed by atoms with Crippen LogP contribution in [0.5, 0.6) is 5.88 Å². The second-order valence-corrected chi connectivity index (χ2v) is 6.57. The Morgan fingerprint density at radius 3 is 2.53 bits per heavy atom. The van der Waals surface area contributed by atoms with E-state index < -0.39 is 23.6 Å². The Morgan fingerprint density at radius 2 is 1.87 bits per heavy atom. The van der Waals surface area contributed by atoms with Gasteiger partial charge >= 0.3 is 0 Å². The number of nitrogens with one attached hydrogen (secondary N) is 1. The van der Waals surface area contributed by atoms with E-state index in [1.807, 2.05) is 6.07 Å². The minimum Gasteiger partial charge on any atom is -0.481 e. The fourth-order valence-electron chi connectivity index (χ4n) is 2.93. The summed E-state index contributed by atoms with van der Waals surface area (Å²) < 4.78 is 6.47. The van der Waals surface area contributed by atoms with Crippen LogP contribution in [0.15, 0.2) is 54.6 Å². The highest BCUT2D eigenvalue weighted by Gasteiger charge is 2.27. The number of pyridine rings is 1. The van der Waals surface area contributed by atoms with E-state index in [2.05, 4.69) is 15.4 Å². The summed E-state index contributed by atoms with van der Waals surface area (Å²) in [6, 6.07) is 14.5. The number of amides is 2. The summed E-state index contributed by atoms with van der Waals surface area (Å²) in [7, 11) is 1.48. The van der Waals surface area contributed by atoms with Gasteiger partial charge in [0.15, 0.2) is 5.82 Å². The summed E-state index contributed by atoms with van der Waals surface area (Å²) >= 11 is 0. The molecule has 2 heterocycles. The maximum absolute atomic E-state index is 13.0. The van der Waals surface area contributed by atoms with Crippen LogP contribution in [0, 0.1) is 6.92 Å². The third kappa shape index (κ3) is 4.69. The van der Waals surface area contributed by atoms with E-state index in [0.29, 0.717) is 17.4 Å². The number of Topliss-reactive ketones (excluding diaryl/α,β-unsaturated/α-hetero) is 1. The molecule has 154 valence electrons. The SMILES string of the molecule is COc1cccc(-n2nc(C)cc2C(=O)N[C@@H](Cc2ccccc2)C(=O)C(N)=O)n1. The van der Waals surface area contributed by atoms with E-state index >= 15 is 0 Å². The van der Waals surface area contributed by atoms with Crippen LogP contribution in [0.1, 0.15) is 21.7 Å². The standard InChI is InChI=1S/C21H21N5O4/c1-13-11-16(26(25-13)17-9-6-10-18(24-17)30-2)21(29)23-15(19(27)20(22)28)12-14-7-4-3-5-8-14/h3-11,15H,12H2,1-2H3,(H2,22,28)(H,23,29)/t15-/m0/s1. The van der Waals surface area contributed by atoms with Gasteiger partial charge in [0.2, 0.25) is 11.7 Å². The molecule has 3 rings (SSSR count). The molecule has 3 aromatic rings. The minimum atomic E-state index is -1.12. The van der Waals surface area contributed by atoms with Crippen molar-refractivity contribution in [3.8, 4) is 11.7 Å². The number of nitrogens with two attached hydrogens (primary N) is 1. The highest BCUT2D eigenvalue weighted by atomic mass is 16.5. The number of rotatable bonds is 8. The van der Waals surface area contributed by atoms with Crippen molar-refractivity contribution in [2.45, 2.75) is 19.4 Å². The fraction of sp³-hybridized carbons (Fsp3) is 0.190. The van der Waals surface area contributed by atoms with Crippen LogP contribution in [-0.2, 0) is 16.0 Å². The van der Waals surface area contributed by atoms with Gasteiger partial charge in [-0.25, -0.2) is 4.68 Å². The molecule has 30 heavy (non-hydrogen) atoms. The van der Waals surface area contributed by atoms with Gasteiger partial charge in [0.05, 0.1) is 12.8 Å². The Balaban J connectivity index is 1.90. The maximum Gasteiger partial charge on any atom is 0.287 e. The van der Waals surface area contributed by atoms with Crippen LogP contribution < -0.4 is 15.8 Å². The largest absolute Gasteiger partial charge is 0.481 e.